The maximum atomic E-state index is 13.7. The van der Waals surface area contributed by atoms with Gasteiger partial charge in [0.2, 0.25) is 0 Å². The molecular formula is C27H22F6N2O5. The lowest BCUT2D eigenvalue weighted by molar-refractivity contribution is -0.376. The first-order valence-electron chi connectivity index (χ1n) is 11.5. The Morgan fingerprint density at radius 2 is 1.35 bits per heavy atom. The number of ether oxygens (including phenoxy) is 3. The summed E-state index contributed by atoms with van der Waals surface area (Å²) in [5.74, 6) is 1.20. The number of hydrogen-bond acceptors (Lipinski definition) is 6. The van der Waals surface area contributed by atoms with Crippen molar-refractivity contribution in [2.45, 2.75) is 24.4 Å². The smallest absolute Gasteiger partial charge is 0.430 e. The Morgan fingerprint density at radius 3 is 1.85 bits per heavy atom. The molecule has 3 aromatic carbocycles. The van der Waals surface area contributed by atoms with E-state index < -0.39 is 29.1 Å². The van der Waals surface area contributed by atoms with Crippen molar-refractivity contribution in [2.24, 2.45) is 0 Å². The highest BCUT2D eigenvalue weighted by Gasteiger charge is 2.71. The van der Waals surface area contributed by atoms with Gasteiger partial charge < -0.3 is 19.3 Å². The molecule has 212 valence electrons. The summed E-state index contributed by atoms with van der Waals surface area (Å²) in [5, 5.41) is 9.80. The van der Waals surface area contributed by atoms with Crippen LogP contribution in [0.3, 0.4) is 0 Å². The van der Waals surface area contributed by atoms with Crippen molar-refractivity contribution in [3.8, 4) is 22.9 Å². The van der Waals surface area contributed by atoms with Crippen molar-refractivity contribution in [3.05, 3.63) is 88.0 Å². The summed E-state index contributed by atoms with van der Waals surface area (Å²) >= 11 is 0. The fraction of sp³-hybridized carbons (Fsp3) is 0.259. The number of alkyl halides is 6. The highest BCUT2D eigenvalue weighted by molar-refractivity contribution is 5.82. The standard InChI is InChI=1S/C27H22F6N2O5/c1-38-18-10-4-15(5-11-18)12-23-34-20-14-22(40-3)21(39-2)13-19(20)24(36)35(23)17-8-6-16(7-9-17)25(37,26(28,29)30)27(31,32)33/h4-11,13-14,37H,12H2,1-3H3. The van der Waals surface area contributed by atoms with Crippen LogP contribution in [0.5, 0.6) is 17.2 Å². The molecule has 0 aliphatic heterocycles. The molecule has 0 spiro atoms. The molecule has 0 saturated heterocycles. The number of aliphatic hydroxyl groups is 1. The van der Waals surface area contributed by atoms with Gasteiger partial charge in [0, 0.05) is 18.1 Å². The van der Waals surface area contributed by atoms with E-state index in [2.05, 4.69) is 4.98 Å². The molecule has 0 atom stereocenters. The van der Waals surface area contributed by atoms with Crippen LogP contribution in [0.2, 0.25) is 0 Å². The lowest BCUT2D eigenvalue weighted by atomic mass is 9.92. The maximum Gasteiger partial charge on any atom is 0.430 e. The fourth-order valence-corrected chi connectivity index (χ4v) is 4.21. The van der Waals surface area contributed by atoms with Crippen molar-refractivity contribution in [3.63, 3.8) is 0 Å². The Balaban J connectivity index is 1.94. The van der Waals surface area contributed by atoms with Gasteiger partial charge in [0.15, 0.2) is 11.5 Å². The molecule has 0 radical (unpaired) electrons. The van der Waals surface area contributed by atoms with E-state index in [-0.39, 0.29) is 40.3 Å². The summed E-state index contributed by atoms with van der Waals surface area (Å²) in [6.07, 6.45) is -12.0. The fourth-order valence-electron chi connectivity index (χ4n) is 4.21. The number of nitrogens with zero attached hydrogens (tertiary/aromatic N) is 2. The third kappa shape index (κ3) is 4.92. The largest absolute Gasteiger partial charge is 0.497 e. The average molecular weight is 568 g/mol. The molecule has 1 aromatic heterocycles. The van der Waals surface area contributed by atoms with E-state index in [1.54, 1.807) is 24.3 Å². The third-order valence-electron chi connectivity index (χ3n) is 6.33. The molecule has 0 aliphatic rings. The predicted molar refractivity (Wildman–Crippen MR) is 132 cm³/mol. The average Bonchev–Trinajstić information content (AvgIpc) is 2.91. The van der Waals surface area contributed by atoms with Gasteiger partial charge in [-0.25, -0.2) is 4.98 Å². The summed E-state index contributed by atoms with van der Waals surface area (Å²) in [7, 11) is 4.24. The number of rotatable bonds is 7. The van der Waals surface area contributed by atoms with Crippen LogP contribution in [0.1, 0.15) is 17.0 Å². The van der Waals surface area contributed by atoms with E-state index in [0.29, 0.717) is 23.4 Å². The summed E-state index contributed by atoms with van der Waals surface area (Å²) in [6, 6.07) is 12.3. The van der Waals surface area contributed by atoms with E-state index in [4.69, 9.17) is 14.2 Å². The molecule has 1 N–H and O–H groups in total. The van der Waals surface area contributed by atoms with Crippen LogP contribution in [0, 0.1) is 0 Å². The van der Waals surface area contributed by atoms with Gasteiger partial charge in [-0.3, -0.25) is 9.36 Å². The zero-order valence-electron chi connectivity index (χ0n) is 21.2. The molecular weight excluding hydrogens is 546 g/mol. The van der Waals surface area contributed by atoms with Crippen LogP contribution in [0.25, 0.3) is 16.6 Å². The number of methoxy groups -OCH3 is 3. The van der Waals surface area contributed by atoms with Gasteiger partial charge in [-0.05, 0) is 35.9 Å². The van der Waals surface area contributed by atoms with Crippen molar-refractivity contribution >= 4 is 10.9 Å². The number of halogens is 6. The van der Waals surface area contributed by atoms with E-state index in [1.165, 1.54) is 33.5 Å². The molecule has 7 nitrogen and oxygen atoms in total. The maximum absolute atomic E-state index is 13.7. The lowest BCUT2D eigenvalue weighted by Crippen LogP contribution is -2.53. The molecule has 40 heavy (non-hydrogen) atoms. The number of fused-ring (bicyclic) bond motifs is 1. The molecule has 0 amide bonds. The van der Waals surface area contributed by atoms with E-state index >= 15 is 0 Å². The molecule has 4 rings (SSSR count). The summed E-state index contributed by atoms with van der Waals surface area (Å²) in [6.45, 7) is 0. The summed E-state index contributed by atoms with van der Waals surface area (Å²) < 4.78 is 97.0. The molecule has 0 saturated carbocycles. The lowest BCUT2D eigenvalue weighted by Gasteiger charge is -2.32. The Labute approximate surface area is 223 Å². The third-order valence-corrected chi connectivity index (χ3v) is 6.33. The van der Waals surface area contributed by atoms with Crippen molar-refractivity contribution in [1.29, 1.82) is 0 Å². The quantitative estimate of drug-likeness (QED) is 0.304. The Morgan fingerprint density at radius 1 is 0.800 bits per heavy atom. The van der Waals surface area contributed by atoms with Crippen molar-refractivity contribution in [2.75, 3.05) is 21.3 Å². The minimum atomic E-state index is -6.05. The minimum absolute atomic E-state index is 0.0559. The van der Waals surface area contributed by atoms with Gasteiger partial charge in [-0.2, -0.15) is 26.3 Å². The van der Waals surface area contributed by atoms with Gasteiger partial charge >= 0.3 is 12.4 Å². The van der Waals surface area contributed by atoms with E-state index in [1.807, 2.05) is 0 Å². The Kier molecular flexibility index (Phi) is 7.45. The topological polar surface area (TPSA) is 82.8 Å². The predicted octanol–water partition coefficient (Wildman–Crippen LogP) is 5.31. The molecule has 1 heterocycles. The number of aromatic nitrogens is 2. The van der Waals surface area contributed by atoms with Gasteiger partial charge in [0.25, 0.3) is 11.2 Å². The van der Waals surface area contributed by atoms with Crippen LogP contribution in [-0.4, -0.2) is 48.3 Å². The van der Waals surface area contributed by atoms with Gasteiger partial charge in [0.05, 0.1) is 37.9 Å². The van der Waals surface area contributed by atoms with Gasteiger partial charge in [-0.1, -0.05) is 24.3 Å². The SMILES string of the molecule is COc1ccc(Cc2nc3cc(OC)c(OC)cc3c(=O)n2-c2ccc(C(O)(C(F)(F)F)C(F)(F)F)cc2)cc1. The zero-order valence-corrected chi connectivity index (χ0v) is 21.2. The van der Waals surface area contributed by atoms with E-state index in [0.717, 1.165) is 16.7 Å². The van der Waals surface area contributed by atoms with Gasteiger partial charge in [-0.15, -0.1) is 0 Å². The van der Waals surface area contributed by atoms with Crippen LogP contribution in [0.4, 0.5) is 26.3 Å². The second-order valence-corrected chi connectivity index (χ2v) is 8.67. The molecule has 0 fully saturated rings. The molecule has 0 bridgehead atoms. The Hall–Kier alpha value is -4.26. The van der Waals surface area contributed by atoms with Crippen molar-refractivity contribution in [1.82, 2.24) is 9.55 Å². The molecule has 13 heteroatoms. The van der Waals surface area contributed by atoms with Crippen LogP contribution >= 0.6 is 0 Å². The molecule has 0 unspecified atom stereocenters. The monoisotopic (exact) mass is 568 g/mol. The molecule has 0 aliphatic carbocycles. The number of hydrogen-bond donors (Lipinski definition) is 1. The first kappa shape index (κ1) is 28.7. The highest BCUT2D eigenvalue weighted by atomic mass is 19.4. The summed E-state index contributed by atoms with van der Waals surface area (Å²) in [5.41, 5.74) is -6.40. The zero-order chi connectivity index (χ0) is 29.5. The minimum Gasteiger partial charge on any atom is -0.497 e. The highest BCUT2D eigenvalue weighted by Crippen LogP contribution is 2.50. The van der Waals surface area contributed by atoms with E-state index in [9.17, 15) is 36.2 Å². The first-order valence-corrected chi connectivity index (χ1v) is 11.5. The van der Waals surface area contributed by atoms with Crippen LogP contribution in [-0.2, 0) is 12.0 Å². The summed E-state index contributed by atoms with van der Waals surface area (Å²) in [4.78, 5) is 18.3. The van der Waals surface area contributed by atoms with Gasteiger partial charge in [0.1, 0.15) is 11.6 Å². The normalized spacial score (nSPS) is 12.4. The number of benzene rings is 3. The first-order chi connectivity index (χ1) is 18.7. The molecule has 4 aromatic rings. The Bertz CT molecular complexity index is 1570. The van der Waals surface area contributed by atoms with Crippen molar-refractivity contribution < 1.29 is 45.7 Å². The second kappa shape index (κ2) is 10.4. The van der Waals surface area contributed by atoms with Crippen LogP contribution < -0.4 is 19.8 Å². The van der Waals surface area contributed by atoms with Crippen LogP contribution in [0.15, 0.2) is 65.5 Å². The second-order valence-electron chi connectivity index (χ2n) is 8.67.